The van der Waals surface area contributed by atoms with Gasteiger partial charge in [0.2, 0.25) is 0 Å². The van der Waals surface area contributed by atoms with Crippen LogP contribution in [0.3, 0.4) is 0 Å². The molecule has 1 saturated heterocycles. The lowest BCUT2D eigenvalue weighted by atomic mass is 9.95. The number of carbonyl (C=O) groups is 1. The van der Waals surface area contributed by atoms with Crippen LogP contribution in [-0.2, 0) is 14.9 Å². The largest absolute Gasteiger partial charge is 0.465 e. The Morgan fingerprint density at radius 3 is 2.62 bits per heavy atom. The number of hydrogen-bond acceptors (Lipinski definition) is 2. The van der Waals surface area contributed by atoms with Crippen molar-refractivity contribution < 1.29 is 9.53 Å². The Bertz CT molecular complexity index is 358. The van der Waals surface area contributed by atoms with Gasteiger partial charge in [0.25, 0.3) is 0 Å². The summed E-state index contributed by atoms with van der Waals surface area (Å²) in [6.45, 7) is 0.619. The molecule has 3 rings (SSSR count). The van der Waals surface area contributed by atoms with Crippen molar-refractivity contribution in [3.05, 3.63) is 35.9 Å². The fourth-order valence-corrected chi connectivity index (χ4v) is 2.29. The normalized spacial score (nSPS) is 35.4. The molecule has 13 heavy (non-hydrogen) atoms. The summed E-state index contributed by atoms with van der Waals surface area (Å²) in [5.74, 6) is 0.422. The van der Waals surface area contributed by atoms with E-state index < -0.39 is 0 Å². The van der Waals surface area contributed by atoms with Crippen molar-refractivity contribution in [3.63, 3.8) is 0 Å². The van der Waals surface area contributed by atoms with Crippen LogP contribution in [0.2, 0.25) is 0 Å². The number of esters is 1. The van der Waals surface area contributed by atoms with E-state index in [4.69, 9.17) is 4.74 Å². The van der Waals surface area contributed by atoms with Gasteiger partial charge < -0.3 is 4.74 Å². The highest BCUT2D eigenvalue weighted by atomic mass is 16.5. The minimum atomic E-state index is -0.249. The van der Waals surface area contributed by atoms with Crippen molar-refractivity contribution >= 4 is 5.97 Å². The molecule has 1 aromatic carbocycles. The Kier molecular flexibility index (Phi) is 1.17. The fourth-order valence-electron chi connectivity index (χ4n) is 2.29. The summed E-state index contributed by atoms with van der Waals surface area (Å²) >= 11 is 0. The summed E-state index contributed by atoms with van der Waals surface area (Å²) in [5.41, 5.74) is 0.879. The molecule has 1 aromatic rings. The standard InChI is InChI=1S/C11H10O2/c12-10-11(6-9(11)7-13-10)8-4-2-1-3-5-8/h1-5,9H,6-7H2/t9-,11+/m1/s1. The van der Waals surface area contributed by atoms with Gasteiger partial charge in [-0.05, 0) is 12.0 Å². The number of cyclic esters (lactones) is 1. The van der Waals surface area contributed by atoms with E-state index in [0.29, 0.717) is 12.5 Å². The Morgan fingerprint density at radius 1 is 1.31 bits per heavy atom. The summed E-state index contributed by atoms with van der Waals surface area (Å²) in [6.07, 6.45) is 0.982. The van der Waals surface area contributed by atoms with E-state index in [0.717, 1.165) is 12.0 Å². The molecule has 1 heterocycles. The van der Waals surface area contributed by atoms with Gasteiger partial charge in [-0.15, -0.1) is 0 Å². The van der Waals surface area contributed by atoms with Crippen LogP contribution in [0.5, 0.6) is 0 Å². The third-order valence-corrected chi connectivity index (χ3v) is 3.17. The second kappa shape index (κ2) is 2.13. The molecule has 0 unspecified atom stereocenters. The molecule has 0 amide bonds. The van der Waals surface area contributed by atoms with Gasteiger partial charge in [0, 0.05) is 5.92 Å². The molecule has 2 atom stereocenters. The van der Waals surface area contributed by atoms with Crippen LogP contribution in [0.4, 0.5) is 0 Å². The van der Waals surface area contributed by atoms with Crippen LogP contribution in [0.25, 0.3) is 0 Å². The summed E-state index contributed by atoms with van der Waals surface area (Å²) in [5, 5.41) is 0. The molecular formula is C11H10O2. The quantitative estimate of drug-likeness (QED) is 0.603. The molecule has 2 aliphatic rings. The summed E-state index contributed by atoms with van der Waals surface area (Å²) < 4.78 is 5.03. The molecule has 0 bridgehead atoms. The Labute approximate surface area is 76.5 Å². The number of fused-ring (bicyclic) bond motifs is 1. The lowest BCUT2D eigenvalue weighted by Crippen LogP contribution is -2.18. The topological polar surface area (TPSA) is 26.3 Å². The molecule has 1 saturated carbocycles. The van der Waals surface area contributed by atoms with Crippen LogP contribution >= 0.6 is 0 Å². The van der Waals surface area contributed by atoms with Crippen molar-refractivity contribution in [2.75, 3.05) is 6.61 Å². The van der Waals surface area contributed by atoms with Crippen molar-refractivity contribution in [1.82, 2.24) is 0 Å². The van der Waals surface area contributed by atoms with Crippen LogP contribution in [-0.4, -0.2) is 12.6 Å². The maximum absolute atomic E-state index is 11.5. The molecular weight excluding hydrogens is 164 g/mol. The Morgan fingerprint density at radius 2 is 2.08 bits per heavy atom. The van der Waals surface area contributed by atoms with Gasteiger partial charge in [0.05, 0.1) is 12.0 Å². The van der Waals surface area contributed by atoms with Gasteiger partial charge in [0.1, 0.15) is 0 Å². The zero-order chi connectivity index (χ0) is 8.89. The van der Waals surface area contributed by atoms with Crippen molar-refractivity contribution in [3.8, 4) is 0 Å². The molecule has 0 radical (unpaired) electrons. The van der Waals surface area contributed by atoms with Crippen LogP contribution in [0.1, 0.15) is 12.0 Å². The van der Waals surface area contributed by atoms with E-state index in [1.54, 1.807) is 0 Å². The second-order valence-corrected chi connectivity index (χ2v) is 3.84. The molecule has 0 aromatic heterocycles. The van der Waals surface area contributed by atoms with Crippen LogP contribution < -0.4 is 0 Å². The van der Waals surface area contributed by atoms with Crippen molar-refractivity contribution in [2.24, 2.45) is 5.92 Å². The zero-order valence-corrected chi connectivity index (χ0v) is 7.19. The lowest BCUT2D eigenvalue weighted by molar-refractivity contribution is -0.142. The van der Waals surface area contributed by atoms with Gasteiger partial charge in [-0.25, -0.2) is 0 Å². The molecule has 2 nitrogen and oxygen atoms in total. The van der Waals surface area contributed by atoms with E-state index in [9.17, 15) is 4.79 Å². The molecule has 1 aliphatic carbocycles. The highest BCUT2D eigenvalue weighted by molar-refractivity contribution is 5.89. The SMILES string of the molecule is O=C1OC[C@H]2C[C@@]12c1ccccc1. The number of rotatable bonds is 1. The first-order valence-electron chi connectivity index (χ1n) is 4.57. The Hall–Kier alpha value is -1.31. The fraction of sp³-hybridized carbons (Fsp3) is 0.364. The van der Waals surface area contributed by atoms with Crippen molar-refractivity contribution in [2.45, 2.75) is 11.8 Å². The molecule has 2 fully saturated rings. The van der Waals surface area contributed by atoms with E-state index in [1.165, 1.54) is 0 Å². The number of benzene rings is 1. The number of hydrogen-bond donors (Lipinski definition) is 0. The van der Waals surface area contributed by atoms with Crippen LogP contribution in [0.15, 0.2) is 30.3 Å². The van der Waals surface area contributed by atoms with Crippen LogP contribution in [0, 0.1) is 5.92 Å². The van der Waals surface area contributed by atoms with Gasteiger partial charge in [-0.1, -0.05) is 30.3 Å². The second-order valence-electron chi connectivity index (χ2n) is 3.84. The molecule has 0 N–H and O–H groups in total. The van der Waals surface area contributed by atoms with Crippen molar-refractivity contribution in [1.29, 1.82) is 0 Å². The molecule has 0 spiro atoms. The first-order valence-corrected chi connectivity index (χ1v) is 4.57. The van der Waals surface area contributed by atoms with E-state index in [-0.39, 0.29) is 11.4 Å². The van der Waals surface area contributed by atoms with Gasteiger partial charge in [-0.2, -0.15) is 0 Å². The van der Waals surface area contributed by atoms with E-state index in [2.05, 4.69) is 0 Å². The smallest absolute Gasteiger partial charge is 0.317 e. The summed E-state index contributed by atoms with van der Waals surface area (Å²) in [6, 6.07) is 9.97. The average molecular weight is 174 g/mol. The van der Waals surface area contributed by atoms with E-state index in [1.807, 2.05) is 30.3 Å². The monoisotopic (exact) mass is 174 g/mol. The highest BCUT2D eigenvalue weighted by Crippen LogP contribution is 2.58. The maximum Gasteiger partial charge on any atom is 0.317 e. The summed E-state index contributed by atoms with van der Waals surface area (Å²) in [4.78, 5) is 11.5. The third-order valence-electron chi connectivity index (χ3n) is 3.17. The van der Waals surface area contributed by atoms with Gasteiger partial charge in [-0.3, -0.25) is 4.79 Å². The predicted octanol–water partition coefficient (Wildman–Crippen LogP) is 1.50. The third kappa shape index (κ3) is 0.755. The Balaban J connectivity index is 2.07. The summed E-state index contributed by atoms with van der Waals surface area (Å²) in [7, 11) is 0. The average Bonchev–Trinajstić information content (AvgIpc) is 2.84. The maximum atomic E-state index is 11.5. The van der Waals surface area contributed by atoms with Gasteiger partial charge >= 0.3 is 5.97 Å². The first-order chi connectivity index (χ1) is 6.34. The molecule has 2 heteroatoms. The van der Waals surface area contributed by atoms with E-state index >= 15 is 0 Å². The minimum absolute atomic E-state index is 0.0244. The number of carbonyl (C=O) groups excluding carboxylic acids is 1. The molecule has 1 aliphatic heterocycles. The first kappa shape index (κ1) is 7.13. The lowest BCUT2D eigenvalue weighted by Gasteiger charge is -2.08. The van der Waals surface area contributed by atoms with Gasteiger partial charge in [0.15, 0.2) is 0 Å². The predicted molar refractivity (Wildman–Crippen MR) is 47.2 cm³/mol. The minimum Gasteiger partial charge on any atom is -0.465 e. The number of ether oxygens (including phenoxy) is 1. The molecule has 66 valence electrons. The highest BCUT2D eigenvalue weighted by Gasteiger charge is 2.66. The zero-order valence-electron chi connectivity index (χ0n) is 7.19.